The summed E-state index contributed by atoms with van der Waals surface area (Å²) in [7, 11) is 0. The summed E-state index contributed by atoms with van der Waals surface area (Å²) < 4.78 is 13.6. The normalized spacial score (nSPS) is 10.5. The largest absolute Gasteiger partial charge is 0.370 e. The molecule has 0 aliphatic carbocycles. The number of aryl methyl sites for hydroxylation is 1. The summed E-state index contributed by atoms with van der Waals surface area (Å²) in [6.07, 6.45) is 2.31. The fraction of sp³-hybridized carbons (Fsp3) is 0.200. The minimum absolute atomic E-state index is 0.174. The molecule has 0 fully saturated rings. The average Bonchev–Trinajstić information content (AvgIpc) is 2.62. The Morgan fingerprint density at radius 3 is 2.72 bits per heavy atom. The van der Waals surface area contributed by atoms with E-state index in [1.165, 1.54) is 17.2 Å². The number of aromatic nitrogens is 2. The Balaban J connectivity index is 1.53. The second-order valence-electron chi connectivity index (χ2n) is 5.88. The lowest BCUT2D eigenvalue weighted by atomic mass is 10.1. The number of benzene rings is 2. The van der Waals surface area contributed by atoms with Crippen molar-refractivity contribution in [2.75, 3.05) is 17.2 Å². The van der Waals surface area contributed by atoms with E-state index < -0.39 is 0 Å². The van der Waals surface area contributed by atoms with E-state index in [-0.39, 0.29) is 5.82 Å². The van der Waals surface area contributed by atoms with Crippen molar-refractivity contribution in [2.24, 2.45) is 0 Å². The van der Waals surface area contributed by atoms with Crippen LogP contribution in [0.2, 0.25) is 0 Å². The van der Waals surface area contributed by atoms with Crippen molar-refractivity contribution < 1.29 is 4.39 Å². The first-order valence-electron chi connectivity index (χ1n) is 8.30. The van der Waals surface area contributed by atoms with Crippen molar-refractivity contribution in [3.8, 4) is 0 Å². The lowest BCUT2D eigenvalue weighted by Crippen LogP contribution is -2.09. The minimum Gasteiger partial charge on any atom is -0.370 e. The van der Waals surface area contributed by atoms with Crippen LogP contribution in [0.4, 0.5) is 16.2 Å². The molecule has 0 saturated carbocycles. The Labute approximate surface area is 147 Å². The molecule has 2 N–H and O–H groups in total. The van der Waals surface area contributed by atoms with E-state index in [2.05, 4.69) is 45.7 Å². The van der Waals surface area contributed by atoms with Crippen molar-refractivity contribution in [3.63, 3.8) is 0 Å². The highest BCUT2D eigenvalue weighted by atomic mass is 19.1. The quantitative estimate of drug-likeness (QED) is 0.679. The molecule has 128 valence electrons. The number of rotatable bonds is 7. The van der Waals surface area contributed by atoms with Crippen molar-refractivity contribution in [2.45, 2.75) is 19.9 Å². The summed E-state index contributed by atoms with van der Waals surface area (Å²) in [5, 5.41) is 6.43. The van der Waals surface area contributed by atoms with Crippen LogP contribution in [0.1, 0.15) is 16.7 Å². The van der Waals surface area contributed by atoms with Crippen molar-refractivity contribution in [3.05, 3.63) is 83.3 Å². The Morgan fingerprint density at radius 2 is 1.88 bits per heavy atom. The van der Waals surface area contributed by atoms with Crippen LogP contribution in [0.15, 0.2) is 60.8 Å². The standard InChI is InChI=1S/C20H21FN4/c1-15-5-4-6-16(13-15)14-24-20-23-12-10-19(25-20)22-11-9-17-7-2-3-8-18(17)21/h2-8,10,12-13H,9,11,14H2,1H3,(H2,22,23,24,25). The third kappa shape index (κ3) is 5.01. The second kappa shape index (κ2) is 8.24. The molecule has 1 heterocycles. The fourth-order valence-corrected chi connectivity index (χ4v) is 2.57. The van der Waals surface area contributed by atoms with Gasteiger partial charge in [0.05, 0.1) is 0 Å². The van der Waals surface area contributed by atoms with Gasteiger partial charge in [0.25, 0.3) is 0 Å². The number of hydrogen-bond donors (Lipinski definition) is 2. The van der Waals surface area contributed by atoms with Crippen LogP contribution < -0.4 is 10.6 Å². The van der Waals surface area contributed by atoms with E-state index in [1.807, 2.05) is 12.1 Å². The highest BCUT2D eigenvalue weighted by Gasteiger charge is 2.02. The van der Waals surface area contributed by atoms with E-state index >= 15 is 0 Å². The second-order valence-corrected chi connectivity index (χ2v) is 5.88. The molecular formula is C20H21FN4. The maximum atomic E-state index is 13.6. The average molecular weight is 336 g/mol. The molecule has 0 unspecified atom stereocenters. The van der Waals surface area contributed by atoms with Crippen LogP contribution in [0, 0.1) is 12.7 Å². The Kier molecular flexibility index (Phi) is 5.57. The Morgan fingerprint density at radius 1 is 1.00 bits per heavy atom. The van der Waals surface area contributed by atoms with Crippen LogP contribution in [-0.4, -0.2) is 16.5 Å². The molecule has 2 aromatic carbocycles. The van der Waals surface area contributed by atoms with E-state index in [4.69, 9.17) is 0 Å². The van der Waals surface area contributed by atoms with Gasteiger partial charge in [0, 0.05) is 19.3 Å². The van der Waals surface area contributed by atoms with Crippen LogP contribution in [0.25, 0.3) is 0 Å². The van der Waals surface area contributed by atoms with Gasteiger partial charge in [-0.05, 0) is 36.6 Å². The molecule has 3 rings (SSSR count). The molecule has 4 nitrogen and oxygen atoms in total. The molecule has 1 aromatic heterocycles. The Bertz CT molecular complexity index is 835. The maximum Gasteiger partial charge on any atom is 0.224 e. The third-order valence-electron chi connectivity index (χ3n) is 3.85. The summed E-state index contributed by atoms with van der Waals surface area (Å²) in [5.74, 6) is 1.11. The van der Waals surface area contributed by atoms with E-state index in [0.29, 0.717) is 31.0 Å². The zero-order valence-electron chi connectivity index (χ0n) is 14.2. The predicted octanol–water partition coefficient (Wildman–Crippen LogP) is 4.19. The molecule has 0 aliphatic rings. The van der Waals surface area contributed by atoms with Gasteiger partial charge in [0.2, 0.25) is 5.95 Å². The topological polar surface area (TPSA) is 49.8 Å². The van der Waals surface area contributed by atoms with Crippen molar-refractivity contribution in [1.82, 2.24) is 9.97 Å². The van der Waals surface area contributed by atoms with Gasteiger partial charge >= 0.3 is 0 Å². The van der Waals surface area contributed by atoms with E-state index in [9.17, 15) is 4.39 Å². The summed E-state index contributed by atoms with van der Waals surface area (Å²) >= 11 is 0. The summed E-state index contributed by atoms with van der Waals surface area (Å²) in [6.45, 7) is 3.34. The minimum atomic E-state index is -0.174. The molecule has 0 aliphatic heterocycles. The lowest BCUT2D eigenvalue weighted by molar-refractivity contribution is 0.610. The number of halogens is 1. The molecule has 0 spiro atoms. The zero-order chi connectivity index (χ0) is 17.5. The van der Waals surface area contributed by atoms with Crippen LogP contribution in [0.3, 0.4) is 0 Å². The summed E-state index contributed by atoms with van der Waals surface area (Å²) in [6, 6.07) is 16.9. The highest BCUT2D eigenvalue weighted by molar-refractivity contribution is 5.40. The summed E-state index contributed by atoms with van der Waals surface area (Å²) in [5.41, 5.74) is 3.10. The molecule has 3 aromatic rings. The number of nitrogens with zero attached hydrogens (tertiary/aromatic N) is 2. The first-order valence-corrected chi connectivity index (χ1v) is 8.30. The monoisotopic (exact) mass is 336 g/mol. The number of hydrogen-bond acceptors (Lipinski definition) is 4. The summed E-state index contributed by atoms with van der Waals surface area (Å²) in [4.78, 5) is 8.67. The van der Waals surface area contributed by atoms with Gasteiger partial charge in [-0.25, -0.2) is 9.37 Å². The number of anilines is 2. The smallest absolute Gasteiger partial charge is 0.224 e. The molecular weight excluding hydrogens is 315 g/mol. The first-order chi connectivity index (χ1) is 12.2. The van der Waals surface area contributed by atoms with Gasteiger partial charge in [0.1, 0.15) is 11.6 Å². The van der Waals surface area contributed by atoms with Gasteiger partial charge in [-0.3, -0.25) is 0 Å². The zero-order valence-corrected chi connectivity index (χ0v) is 14.2. The molecule has 0 atom stereocenters. The molecule has 0 radical (unpaired) electrons. The molecule has 25 heavy (non-hydrogen) atoms. The van der Waals surface area contributed by atoms with Crippen LogP contribution in [0.5, 0.6) is 0 Å². The lowest BCUT2D eigenvalue weighted by Gasteiger charge is -2.09. The van der Waals surface area contributed by atoms with E-state index in [0.717, 1.165) is 5.82 Å². The fourth-order valence-electron chi connectivity index (χ4n) is 2.57. The molecule has 0 bridgehead atoms. The van der Waals surface area contributed by atoms with Gasteiger partial charge in [-0.2, -0.15) is 4.98 Å². The van der Waals surface area contributed by atoms with Crippen molar-refractivity contribution in [1.29, 1.82) is 0 Å². The maximum absolute atomic E-state index is 13.6. The first kappa shape index (κ1) is 16.9. The van der Waals surface area contributed by atoms with Crippen LogP contribution in [-0.2, 0) is 13.0 Å². The molecule has 0 saturated heterocycles. The van der Waals surface area contributed by atoms with Crippen LogP contribution >= 0.6 is 0 Å². The predicted molar refractivity (Wildman–Crippen MR) is 99.1 cm³/mol. The third-order valence-corrected chi connectivity index (χ3v) is 3.85. The van der Waals surface area contributed by atoms with Gasteiger partial charge in [0.15, 0.2) is 0 Å². The molecule has 0 amide bonds. The number of nitrogens with one attached hydrogen (secondary N) is 2. The Hall–Kier alpha value is -2.95. The van der Waals surface area contributed by atoms with Gasteiger partial charge < -0.3 is 10.6 Å². The van der Waals surface area contributed by atoms with Crippen molar-refractivity contribution >= 4 is 11.8 Å². The van der Waals surface area contributed by atoms with Gasteiger partial charge in [-0.1, -0.05) is 48.0 Å². The van der Waals surface area contributed by atoms with E-state index in [1.54, 1.807) is 24.4 Å². The van der Waals surface area contributed by atoms with Gasteiger partial charge in [-0.15, -0.1) is 0 Å². The molecule has 5 heteroatoms. The highest BCUT2D eigenvalue weighted by Crippen LogP contribution is 2.11. The SMILES string of the molecule is Cc1cccc(CNc2nccc(NCCc3ccccc3F)n2)c1.